The van der Waals surface area contributed by atoms with Crippen LogP contribution >= 0.6 is 0 Å². The van der Waals surface area contributed by atoms with Crippen molar-refractivity contribution in [2.45, 2.75) is 59.4 Å². The highest BCUT2D eigenvalue weighted by molar-refractivity contribution is 4.58. The molecule has 0 saturated heterocycles. The molecule has 0 aliphatic heterocycles. The molecule has 1 N–H and O–H groups in total. The van der Waals surface area contributed by atoms with Gasteiger partial charge in [0, 0.05) is 6.04 Å². The van der Waals surface area contributed by atoms with Crippen molar-refractivity contribution in [3.8, 4) is 0 Å². The first kappa shape index (κ1) is 15.9. The van der Waals surface area contributed by atoms with Gasteiger partial charge in [-0.05, 0) is 72.1 Å². The lowest BCUT2D eigenvalue weighted by molar-refractivity contribution is 0.268. The minimum absolute atomic E-state index is 0.680. The molecule has 0 unspecified atom stereocenters. The maximum atomic E-state index is 3.53. The Bertz CT molecular complexity index is 144. The van der Waals surface area contributed by atoms with E-state index in [0.29, 0.717) is 6.04 Å². The Morgan fingerprint density at radius 2 is 1.56 bits per heavy atom. The number of nitrogens with zero attached hydrogens (tertiary/aromatic N) is 1. The van der Waals surface area contributed by atoms with Gasteiger partial charge in [-0.25, -0.2) is 0 Å². The molecule has 0 aromatic carbocycles. The van der Waals surface area contributed by atoms with Gasteiger partial charge in [0.1, 0.15) is 0 Å². The molecular weight excluding hydrogens is 196 g/mol. The maximum absolute atomic E-state index is 3.53. The summed E-state index contributed by atoms with van der Waals surface area (Å²) in [5.74, 6) is 0.849. The highest BCUT2D eigenvalue weighted by Crippen LogP contribution is 2.02. The van der Waals surface area contributed by atoms with Gasteiger partial charge < -0.3 is 10.2 Å². The summed E-state index contributed by atoms with van der Waals surface area (Å²) >= 11 is 0. The lowest BCUT2D eigenvalue weighted by Gasteiger charge is -2.20. The monoisotopic (exact) mass is 228 g/mol. The van der Waals surface area contributed by atoms with Crippen LogP contribution in [0.3, 0.4) is 0 Å². The summed E-state index contributed by atoms with van der Waals surface area (Å²) in [4.78, 5) is 2.42. The van der Waals surface area contributed by atoms with E-state index in [-0.39, 0.29) is 0 Å². The standard InChI is InChI=1S/C14H32N2/c1-13(2)9-8-11-15-10-6-7-12-16(5)14(3)4/h13-15H,6-12H2,1-5H3. The molecule has 0 aliphatic carbocycles. The van der Waals surface area contributed by atoms with Crippen LogP contribution in [0.15, 0.2) is 0 Å². The van der Waals surface area contributed by atoms with Crippen molar-refractivity contribution in [1.29, 1.82) is 0 Å². The second kappa shape index (κ2) is 10.1. The normalized spacial score (nSPS) is 12.0. The van der Waals surface area contributed by atoms with Crippen LogP contribution in [0.5, 0.6) is 0 Å². The summed E-state index contributed by atoms with van der Waals surface area (Å²) in [5.41, 5.74) is 0. The second-order valence-corrected chi connectivity index (χ2v) is 5.57. The minimum atomic E-state index is 0.680. The van der Waals surface area contributed by atoms with Gasteiger partial charge in [0.2, 0.25) is 0 Å². The van der Waals surface area contributed by atoms with Gasteiger partial charge >= 0.3 is 0 Å². The molecule has 0 fully saturated rings. The molecule has 0 amide bonds. The summed E-state index contributed by atoms with van der Waals surface area (Å²) < 4.78 is 0. The van der Waals surface area contributed by atoms with Gasteiger partial charge in [-0.1, -0.05) is 13.8 Å². The summed E-state index contributed by atoms with van der Waals surface area (Å²) in [6.45, 7) is 12.7. The molecule has 2 heteroatoms. The fourth-order valence-electron chi connectivity index (χ4n) is 1.63. The SMILES string of the molecule is CC(C)CCCNCCCCN(C)C(C)C. The Morgan fingerprint density at radius 1 is 0.938 bits per heavy atom. The van der Waals surface area contributed by atoms with Crippen LogP contribution in [0.2, 0.25) is 0 Å². The molecular formula is C14H32N2. The molecule has 0 aliphatic rings. The van der Waals surface area contributed by atoms with Crippen molar-refractivity contribution in [1.82, 2.24) is 10.2 Å². The van der Waals surface area contributed by atoms with E-state index in [1.807, 2.05) is 0 Å². The van der Waals surface area contributed by atoms with E-state index in [1.54, 1.807) is 0 Å². The largest absolute Gasteiger partial charge is 0.317 e. The summed E-state index contributed by atoms with van der Waals surface area (Å²) in [5, 5.41) is 3.53. The van der Waals surface area contributed by atoms with Crippen molar-refractivity contribution < 1.29 is 0 Å². The molecule has 0 rings (SSSR count). The lowest BCUT2D eigenvalue weighted by atomic mass is 10.1. The molecule has 98 valence electrons. The van der Waals surface area contributed by atoms with Gasteiger partial charge in [0.05, 0.1) is 0 Å². The van der Waals surface area contributed by atoms with Crippen molar-refractivity contribution in [3.63, 3.8) is 0 Å². The summed E-state index contributed by atoms with van der Waals surface area (Å²) in [6.07, 6.45) is 5.29. The Morgan fingerprint density at radius 3 is 2.12 bits per heavy atom. The Labute approximate surface area is 103 Å². The molecule has 0 aromatic rings. The third-order valence-electron chi connectivity index (χ3n) is 3.13. The van der Waals surface area contributed by atoms with Gasteiger partial charge in [0.25, 0.3) is 0 Å². The third kappa shape index (κ3) is 10.4. The number of unbranched alkanes of at least 4 members (excludes halogenated alkanes) is 1. The molecule has 0 saturated carbocycles. The molecule has 2 nitrogen and oxygen atoms in total. The smallest absolute Gasteiger partial charge is 0.00355 e. The average molecular weight is 228 g/mol. The van der Waals surface area contributed by atoms with Crippen LogP contribution < -0.4 is 5.32 Å². The fourth-order valence-corrected chi connectivity index (χ4v) is 1.63. The van der Waals surface area contributed by atoms with E-state index in [9.17, 15) is 0 Å². The molecule has 0 bridgehead atoms. The maximum Gasteiger partial charge on any atom is 0.00355 e. The molecule has 0 aromatic heterocycles. The van der Waals surface area contributed by atoms with Crippen molar-refractivity contribution in [2.75, 3.05) is 26.7 Å². The van der Waals surface area contributed by atoms with Crippen LogP contribution in [0.4, 0.5) is 0 Å². The van der Waals surface area contributed by atoms with Crippen molar-refractivity contribution >= 4 is 0 Å². The number of rotatable bonds is 10. The molecule has 0 heterocycles. The van der Waals surface area contributed by atoms with Gasteiger partial charge in [-0.15, -0.1) is 0 Å². The van der Waals surface area contributed by atoms with E-state index in [2.05, 4.69) is 45.0 Å². The van der Waals surface area contributed by atoms with Crippen molar-refractivity contribution in [2.24, 2.45) is 5.92 Å². The van der Waals surface area contributed by atoms with E-state index >= 15 is 0 Å². The summed E-state index contributed by atoms with van der Waals surface area (Å²) in [7, 11) is 2.21. The molecule has 16 heavy (non-hydrogen) atoms. The highest BCUT2D eigenvalue weighted by Gasteiger charge is 2.01. The van der Waals surface area contributed by atoms with Crippen molar-refractivity contribution in [3.05, 3.63) is 0 Å². The Kier molecular flexibility index (Phi) is 10.0. The predicted octanol–water partition coefficient (Wildman–Crippen LogP) is 3.13. The third-order valence-corrected chi connectivity index (χ3v) is 3.13. The Hall–Kier alpha value is -0.0800. The second-order valence-electron chi connectivity index (χ2n) is 5.57. The van der Waals surface area contributed by atoms with Crippen LogP contribution in [0, 0.1) is 5.92 Å². The molecule has 0 atom stereocenters. The number of hydrogen-bond donors (Lipinski definition) is 1. The lowest BCUT2D eigenvalue weighted by Crippen LogP contribution is -2.28. The zero-order valence-electron chi connectivity index (χ0n) is 12.1. The zero-order valence-corrected chi connectivity index (χ0v) is 12.1. The topological polar surface area (TPSA) is 15.3 Å². The van der Waals surface area contributed by atoms with Gasteiger partial charge in [-0.2, -0.15) is 0 Å². The predicted molar refractivity (Wildman–Crippen MR) is 73.9 cm³/mol. The van der Waals surface area contributed by atoms with E-state index in [1.165, 1.54) is 45.3 Å². The fraction of sp³-hybridized carbons (Fsp3) is 1.00. The van der Waals surface area contributed by atoms with Crippen LogP contribution in [-0.4, -0.2) is 37.6 Å². The first-order valence-corrected chi connectivity index (χ1v) is 6.95. The summed E-state index contributed by atoms with van der Waals surface area (Å²) in [6, 6.07) is 0.680. The Balaban J connectivity index is 3.10. The van der Waals surface area contributed by atoms with E-state index < -0.39 is 0 Å². The van der Waals surface area contributed by atoms with Crippen LogP contribution in [0.25, 0.3) is 0 Å². The van der Waals surface area contributed by atoms with Crippen LogP contribution in [0.1, 0.15) is 53.4 Å². The zero-order chi connectivity index (χ0) is 12.4. The average Bonchev–Trinajstić information content (AvgIpc) is 2.21. The first-order valence-electron chi connectivity index (χ1n) is 6.95. The first-order chi connectivity index (χ1) is 7.54. The minimum Gasteiger partial charge on any atom is -0.317 e. The van der Waals surface area contributed by atoms with E-state index in [0.717, 1.165) is 5.92 Å². The van der Waals surface area contributed by atoms with Gasteiger partial charge in [0.15, 0.2) is 0 Å². The van der Waals surface area contributed by atoms with Gasteiger partial charge in [-0.3, -0.25) is 0 Å². The van der Waals surface area contributed by atoms with E-state index in [4.69, 9.17) is 0 Å². The molecule has 0 radical (unpaired) electrons. The molecule has 0 spiro atoms. The number of hydrogen-bond acceptors (Lipinski definition) is 2. The highest BCUT2D eigenvalue weighted by atomic mass is 15.1. The quantitative estimate of drug-likeness (QED) is 0.578. The number of nitrogens with one attached hydrogen (secondary N) is 1. The van der Waals surface area contributed by atoms with Crippen LogP contribution in [-0.2, 0) is 0 Å².